The predicted molar refractivity (Wildman–Crippen MR) is 98.8 cm³/mol. The van der Waals surface area contributed by atoms with Gasteiger partial charge in [-0.3, -0.25) is 14.5 Å². The Balaban J connectivity index is 1.74. The molecular formula is C19H17ClFN3O3. The van der Waals surface area contributed by atoms with Crippen molar-refractivity contribution in [3.63, 3.8) is 0 Å². The lowest BCUT2D eigenvalue weighted by Gasteiger charge is -2.22. The number of hydrogen-bond donors (Lipinski definition) is 2. The fourth-order valence-corrected chi connectivity index (χ4v) is 3.02. The highest BCUT2D eigenvalue weighted by molar-refractivity contribution is 6.31. The zero-order valence-electron chi connectivity index (χ0n) is 14.7. The molecule has 0 bridgehead atoms. The third-order valence-electron chi connectivity index (χ3n) is 4.41. The van der Waals surface area contributed by atoms with Gasteiger partial charge in [-0.1, -0.05) is 41.4 Å². The first-order valence-corrected chi connectivity index (χ1v) is 8.54. The lowest BCUT2D eigenvalue weighted by molar-refractivity contribution is -0.133. The van der Waals surface area contributed by atoms with Crippen LogP contribution in [0.25, 0.3) is 0 Å². The van der Waals surface area contributed by atoms with Gasteiger partial charge in [-0.05, 0) is 37.6 Å². The van der Waals surface area contributed by atoms with Crippen molar-refractivity contribution >= 4 is 35.1 Å². The number of carbonyl (C=O) groups excluding carboxylic acids is 3. The van der Waals surface area contributed by atoms with Gasteiger partial charge in [-0.25, -0.2) is 9.18 Å². The van der Waals surface area contributed by atoms with Crippen LogP contribution in [0.4, 0.5) is 14.9 Å². The van der Waals surface area contributed by atoms with Gasteiger partial charge in [0.05, 0.1) is 5.02 Å². The smallest absolute Gasteiger partial charge is 0.324 e. The van der Waals surface area contributed by atoms with E-state index in [1.54, 1.807) is 19.1 Å². The molecule has 2 aromatic carbocycles. The van der Waals surface area contributed by atoms with Crippen molar-refractivity contribution in [2.75, 3.05) is 11.9 Å². The summed E-state index contributed by atoms with van der Waals surface area (Å²) in [4.78, 5) is 38.1. The quantitative estimate of drug-likeness (QED) is 0.788. The first kappa shape index (κ1) is 18.8. The van der Waals surface area contributed by atoms with E-state index in [1.165, 1.54) is 12.1 Å². The Labute approximate surface area is 160 Å². The molecule has 140 valence electrons. The van der Waals surface area contributed by atoms with Crippen molar-refractivity contribution in [1.82, 2.24) is 10.2 Å². The number of nitrogens with one attached hydrogen (secondary N) is 2. The molecule has 0 aromatic heterocycles. The van der Waals surface area contributed by atoms with Crippen LogP contribution in [0.5, 0.6) is 0 Å². The Morgan fingerprint density at radius 2 is 1.89 bits per heavy atom. The molecule has 2 aromatic rings. The van der Waals surface area contributed by atoms with Crippen LogP contribution in [0.3, 0.4) is 0 Å². The highest BCUT2D eigenvalue weighted by Crippen LogP contribution is 2.29. The van der Waals surface area contributed by atoms with Gasteiger partial charge < -0.3 is 10.6 Å². The monoisotopic (exact) mass is 389 g/mol. The minimum Gasteiger partial charge on any atom is -0.324 e. The summed E-state index contributed by atoms with van der Waals surface area (Å²) in [6.45, 7) is 3.04. The third-order valence-corrected chi connectivity index (χ3v) is 4.70. The number of urea groups is 1. The predicted octanol–water partition coefficient (Wildman–Crippen LogP) is 3.19. The molecule has 27 heavy (non-hydrogen) atoms. The van der Waals surface area contributed by atoms with Gasteiger partial charge in [-0.2, -0.15) is 0 Å². The van der Waals surface area contributed by atoms with E-state index in [-0.39, 0.29) is 10.7 Å². The molecule has 1 aliphatic heterocycles. The Hall–Kier alpha value is -2.93. The second kappa shape index (κ2) is 7.00. The Morgan fingerprint density at radius 1 is 1.22 bits per heavy atom. The molecule has 2 N–H and O–H groups in total. The summed E-state index contributed by atoms with van der Waals surface area (Å²) < 4.78 is 13.2. The SMILES string of the molecule is Cc1ccc(C2(C)NC(=O)N(CC(=O)Nc3ccc(F)c(Cl)c3)C2=O)cc1. The summed E-state index contributed by atoms with van der Waals surface area (Å²) in [5.41, 5.74) is 0.664. The molecule has 0 aliphatic carbocycles. The maximum atomic E-state index is 13.2. The normalized spacial score (nSPS) is 19.2. The zero-order valence-corrected chi connectivity index (χ0v) is 15.4. The molecule has 8 heteroatoms. The van der Waals surface area contributed by atoms with Gasteiger partial charge in [0.2, 0.25) is 5.91 Å². The van der Waals surface area contributed by atoms with E-state index in [9.17, 15) is 18.8 Å². The largest absolute Gasteiger partial charge is 0.325 e. The minimum absolute atomic E-state index is 0.144. The number of benzene rings is 2. The number of aryl methyl sites for hydroxylation is 1. The van der Waals surface area contributed by atoms with Crippen molar-refractivity contribution in [3.8, 4) is 0 Å². The number of amides is 4. The van der Waals surface area contributed by atoms with Crippen LogP contribution in [0.15, 0.2) is 42.5 Å². The summed E-state index contributed by atoms with van der Waals surface area (Å²) in [7, 11) is 0. The second-order valence-electron chi connectivity index (χ2n) is 6.49. The first-order chi connectivity index (χ1) is 12.7. The fraction of sp³-hybridized carbons (Fsp3) is 0.211. The summed E-state index contributed by atoms with van der Waals surface area (Å²) in [6.07, 6.45) is 0. The third kappa shape index (κ3) is 3.64. The number of rotatable bonds is 4. The molecule has 1 fully saturated rings. The number of imide groups is 1. The van der Waals surface area contributed by atoms with Crippen molar-refractivity contribution in [1.29, 1.82) is 0 Å². The van der Waals surface area contributed by atoms with E-state index >= 15 is 0 Å². The summed E-state index contributed by atoms with van der Waals surface area (Å²) in [5, 5.41) is 4.98. The Bertz CT molecular complexity index is 932. The maximum absolute atomic E-state index is 13.2. The molecule has 0 spiro atoms. The number of carbonyl (C=O) groups is 3. The van der Waals surface area contributed by atoms with Crippen molar-refractivity contribution in [3.05, 3.63) is 64.4 Å². The molecule has 1 unspecified atom stereocenters. The Kier molecular flexibility index (Phi) is 4.89. The minimum atomic E-state index is -1.25. The van der Waals surface area contributed by atoms with E-state index in [2.05, 4.69) is 10.6 Å². The van der Waals surface area contributed by atoms with Crippen LogP contribution >= 0.6 is 11.6 Å². The van der Waals surface area contributed by atoms with E-state index in [0.717, 1.165) is 16.5 Å². The van der Waals surface area contributed by atoms with Crippen molar-refractivity contribution in [2.45, 2.75) is 19.4 Å². The van der Waals surface area contributed by atoms with E-state index in [1.807, 2.05) is 19.1 Å². The van der Waals surface area contributed by atoms with E-state index in [4.69, 9.17) is 11.6 Å². The highest BCUT2D eigenvalue weighted by atomic mass is 35.5. The fourth-order valence-electron chi connectivity index (χ4n) is 2.84. The van der Waals surface area contributed by atoms with Gasteiger partial charge in [0.1, 0.15) is 17.9 Å². The molecule has 6 nitrogen and oxygen atoms in total. The molecule has 4 amide bonds. The van der Waals surface area contributed by atoms with Crippen LogP contribution in [-0.4, -0.2) is 29.3 Å². The molecule has 1 aliphatic rings. The average Bonchev–Trinajstić information content (AvgIpc) is 2.83. The molecular weight excluding hydrogens is 373 g/mol. The molecule has 1 atom stereocenters. The Morgan fingerprint density at radius 3 is 2.52 bits per heavy atom. The molecule has 0 saturated carbocycles. The van der Waals surface area contributed by atoms with Crippen molar-refractivity contribution in [2.24, 2.45) is 0 Å². The number of nitrogens with zero attached hydrogens (tertiary/aromatic N) is 1. The average molecular weight is 390 g/mol. The molecule has 3 rings (SSSR count). The zero-order chi connectivity index (χ0) is 19.8. The maximum Gasteiger partial charge on any atom is 0.325 e. The van der Waals surface area contributed by atoms with Gasteiger partial charge in [0.15, 0.2) is 0 Å². The van der Waals surface area contributed by atoms with Crippen LogP contribution in [-0.2, 0) is 15.1 Å². The summed E-state index contributed by atoms with van der Waals surface area (Å²) in [5.74, 6) is -1.74. The molecule has 0 radical (unpaired) electrons. The van der Waals surface area contributed by atoms with E-state index < -0.39 is 35.7 Å². The van der Waals surface area contributed by atoms with E-state index in [0.29, 0.717) is 5.56 Å². The number of hydrogen-bond acceptors (Lipinski definition) is 3. The lowest BCUT2D eigenvalue weighted by atomic mass is 9.91. The first-order valence-electron chi connectivity index (χ1n) is 8.17. The highest BCUT2D eigenvalue weighted by Gasteiger charge is 2.49. The van der Waals surface area contributed by atoms with Gasteiger partial charge in [0, 0.05) is 5.69 Å². The molecule has 1 saturated heterocycles. The van der Waals surface area contributed by atoms with Gasteiger partial charge in [0.25, 0.3) is 5.91 Å². The lowest BCUT2D eigenvalue weighted by Crippen LogP contribution is -2.42. The number of halogens is 2. The van der Waals surface area contributed by atoms with Crippen LogP contribution in [0, 0.1) is 12.7 Å². The topological polar surface area (TPSA) is 78.5 Å². The van der Waals surface area contributed by atoms with Gasteiger partial charge >= 0.3 is 6.03 Å². The summed E-state index contributed by atoms with van der Waals surface area (Å²) in [6, 6.07) is 10.2. The van der Waals surface area contributed by atoms with Crippen LogP contribution < -0.4 is 10.6 Å². The van der Waals surface area contributed by atoms with Crippen LogP contribution in [0.1, 0.15) is 18.1 Å². The summed E-state index contributed by atoms with van der Waals surface area (Å²) >= 11 is 5.68. The van der Waals surface area contributed by atoms with Gasteiger partial charge in [-0.15, -0.1) is 0 Å². The standard InChI is InChI=1S/C19H17ClFN3O3/c1-11-3-5-12(6-4-11)19(2)17(26)24(18(27)23-19)10-16(25)22-13-7-8-15(21)14(20)9-13/h3-9H,10H2,1-2H3,(H,22,25)(H,23,27). The van der Waals surface area contributed by atoms with Crippen LogP contribution in [0.2, 0.25) is 5.02 Å². The second-order valence-corrected chi connectivity index (χ2v) is 6.90. The van der Waals surface area contributed by atoms with Crippen molar-refractivity contribution < 1.29 is 18.8 Å². The number of anilines is 1. The molecule has 1 heterocycles.